The third kappa shape index (κ3) is 3.81. The van der Waals surface area contributed by atoms with Crippen LogP contribution in [0.25, 0.3) is 0 Å². The molecule has 1 aliphatic heterocycles. The molecule has 2 rings (SSSR count). The van der Waals surface area contributed by atoms with Crippen LogP contribution in [0.3, 0.4) is 0 Å². The molecular weight excluding hydrogens is 234 g/mol. The van der Waals surface area contributed by atoms with Crippen molar-refractivity contribution in [3.8, 4) is 0 Å². The molecule has 2 aliphatic rings. The molecule has 1 aliphatic carbocycles. The Morgan fingerprint density at radius 2 is 1.84 bits per heavy atom. The minimum atomic E-state index is 0.312. The van der Waals surface area contributed by atoms with E-state index in [4.69, 9.17) is 0 Å². The van der Waals surface area contributed by atoms with Crippen LogP contribution in [-0.2, 0) is 4.79 Å². The maximum Gasteiger partial charge on any atom is 0.137 e. The van der Waals surface area contributed by atoms with Crippen LogP contribution in [0.1, 0.15) is 53.4 Å². The molecule has 0 aromatic rings. The summed E-state index contributed by atoms with van der Waals surface area (Å²) in [5.41, 5.74) is 0. The first-order valence-corrected chi connectivity index (χ1v) is 8.22. The lowest BCUT2D eigenvalue weighted by molar-refractivity contribution is -0.128. The van der Waals surface area contributed by atoms with Crippen LogP contribution in [0.5, 0.6) is 0 Å². The number of rotatable bonds is 3. The van der Waals surface area contributed by atoms with Crippen molar-refractivity contribution in [1.29, 1.82) is 0 Å². The minimum Gasteiger partial charge on any atom is -0.303 e. The maximum atomic E-state index is 12.2. The Balaban J connectivity index is 1.83. The lowest BCUT2D eigenvalue weighted by Gasteiger charge is -2.39. The Labute approximate surface area is 118 Å². The predicted octanol–water partition coefficient (Wildman–Crippen LogP) is 3.61. The fourth-order valence-electron chi connectivity index (χ4n) is 4.06. The van der Waals surface area contributed by atoms with Gasteiger partial charge in [0.25, 0.3) is 0 Å². The molecule has 0 N–H and O–H groups in total. The Kier molecular flexibility index (Phi) is 5.05. The largest absolute Gasteiger partial charge is 0.303 e. The van der Waals surface area contributed by atoms with Gasteiger partial charge in [-0.25, -0.2) is 0 Å². The molecule has 19 heavy (non-hydrogen) atoms. The van der Waals surface area contributed by atoms with E-state index in [0.29, 0.717) is 23.5 Å². The van der Waals surface area contributed by atoms with Gasteiger partial charge in [-0.1, -0.05) is 27.7 Å². The molecule has 1 saturated carbocycles. The molecule has 0 spiro atoms. The van der Waals surface area contributed by atoms with Crippen LogP contribution < -0.4 is 0 Å². The van der Waals surface area contributed by atoms with Gasteiger partial charge in [0.2, 0.25) is 0 Å². The number of likely N-dealkylation sites (tertiary alicyclic amines) is 1. The molecule has 0 amide bonds. The van der Waals surface area contributed by atoms with Crippen molar-refractivity contribution in [2.24, 2.45) is 29.6 Å². The van der Waals surface area contributed by atoms with E-state index in [0.717, 1.165) is 24.8 Å². The number of carbonyl (C=O) groups is 1. The van der Waals surface area contributed by atoms with Crippen molar-refractivity contribution in [2.45, 2.75) is 53.4 Å². The predicted molar refractivity (Wildman–Crippen MR) is 80.1 cm³/mol. The zero-order valence-electron chi connectivity index (χ0n) is 13.2. The Bertz CT molecular complexity index is 304. The number of Topliss-reactive ketones (excluding diaryl/α,β-unsaturated/α-hetero) is 1. The normalized spacial score (nSPS) is 35.0. The summed E-state index contributed by atoms with van der Waals surface area (Å²) >= 11 is 0. The standard InChI is InChI=1S/C17H31NO/c1-12(2)15-5-7-18(8-6-15)11-16-14(4)9-13(3)10-17(16)19/h12-16H,5-11H2,1-4H3. The zero-order valence-corrected chi connectivity index (χ0v) is 13.2. The highest BCUT2D eigenvalue weighted by atomic mass is 16.1. The Morgan fingerprint density at radius 1 is 1.21 bits per heavy atom. The highest BCUT2D eigenvalue weighted by Gasteiger charge is 2.34. The first-order valence-electron chi connectivity index (χ1n) is 8.22. The molecule has 3 atom stereocenters. The molecule has 2 nitrogen and oxygen atoms in total. The number of hydrogen-bond acceptors (Lipinski definition) is 2. The van der Waals surface area contributed by atoms with Gasteiger partial charge in [-0.05, 0) is 56.0 Å². The molecule has 1 heterocycles. The van der Waals surface area contributed by atoms with Gasteiger partial charge in [-0.3, -0.25) is 4.79 Å². The summed E-state index contributed by atoms with van der Waals surface area (Å²) < 4.78 is 0. The second-order valence-corrected chi connectivity index (χ2v) is 7.48. The SMILES string of the molecule is CC1CC(=O)C(CN2CCC(C(C)C)CC2)C(C)C1. The number of piperidine rings is 1. The molecule has 0 aromatic heterocycles. The van der Waals surface area contributed by atoms with E-state index in [2.05, 4.69) is 32.6 Å². The fourth-order valence-corrected chi connectivity index (χ4v) is 4.06. The monoisotopic (exact) mass is 265 g/mol. The third-order valence-corrected chi connectivity index (χ3v) is 5.45. The van der Waals surface area contributed by atoms with Gasteiger partial charge in [0.05, 0.1) is 0 Å². The van der Waals surface area contributed by atoms with Gasteiger partial charge in [-0.15, -0.1) is 0 Å². The molecule has 3 unspecified atom stereocenters. The van der Waals surface area contributed by atoms with Crippen molar-refractivity contribution in [3.63, 3.8) is 0 Å². The number of nitrogens with zero attached hydrogens (tertiary/aromatic N) is 1. The van der Waals surface area contributed by atoms with E-state index in [9.17, 15) is 4.79 Å². The summed E-state index contributed by atoms with van der Waals surface area (Å²) in [4.78, 5) is 14.8. The van der Waals surface area contributed by atoms with Crippen molar-refractivity contribution < 1.29 is 4.79 Å². The van der Waals surface area contributed by atoms with Crippen molar-refractivity contribution in [3.05, 3.63) is 0 Å². The van der Waals surface area contributed by atoms with E-state index < -0.39 is 0 Å². The van der Waals surface area contributed by atoms with Crippen LogP contribution in [0.4, 0.5) is 0 Å². The summed E-state index contributed by atoms with van der Waals surface area (Å²) in [6.07, 6.45) is 4.70. The molecule has 1 saturated heterocycles. The topological polar surface area (TPSA) is 20.3 Å². The van der Waals surface area contributed by atoms with Crippen molar-refractivity contribution >= 4 is 5.78 Å². The average molecular weight is 265 g/mol. The van der Waals surface area contributed by atoms with Crippen LogP contribution in [-0.4, -0.2) is 30.3 Å². The third-order valence-electron chi connectivity index (χ3n) is 5.45. The van der Waals surface area contributed by atoms with Gasteiger partial charge in [-0.2, -0.15) is 0 Å². The molecular formula is C17H31NO. The average Bonchev–Trinajstić information content (AvgIpc) is 2.34. The second-order valence-electron chi connectivity index (χ2n) is 7.48. The maximum absolute atomic E-state index is 12.2. The van der Waals surface area contributed by atoms with E-state index in [1.54, 1.807) is 0 Å². The highest BCUT2D eigenvalue weighted by Crippen LogP contribution is 2.33. The summed E-state index contributed by atoms with van der Waals surface area (Å²) in [5, 5.41) is 0. The van der Waals surface area contributed by atoms with Crippen molar-refractivity contribution in [1.82, 2.24) is 4.90 Å². The number of ketones is 1. The van der Waals surface area contributed by atoms with E-state index in [1.807, 2.05) is 0 Å². The minimum absolute atomic E-state index is 0.312. The van der Waals surface area contributed by atoms with Gasteiger partial charge in [0, 0.05) is 18.9 Å². The summed E-state index contributed by atoms with van der Waals surface area (Å²) in [7, 11) is 0. The summed E-state index contributed by atoms with van der Waals surface area (Å²) in [6.45, 7) is 12.6. The molecule has 0 bridgehead atoms. The molecule has 2 fully saturated rings. The molecule has 110 valence electrons. The highest BCUT2D eigenvalue weighted by molar-refractivity contribution is 5.82. The van der Waals surface area contributed by atoms with Crippen LogP contribution in [0, 0.1) is 29.6 Å². The van der Waals surface area contributed by atoms with Crippen LogP contribution in [0.15, 0.2) is 0 Å². The lowest BCUT2D eigenvalue weighted by atomic mass is 9.74. The number of carbonyl (C=O) groups excluding carboxylic acids is 1. The first-order chi connectivity index (χ1) is 8.97. The Hall–Kier alpha value is -0.370. The number of hydrogen-bond donors (Lipinski definition) is 0. The quantitative estimate of drug-likeness (QED) is 0.777. The lowest BCUT2D eigenvalue weighted by Crippen LogP contribution is -2.43. The summed E-state index contributed by atoms with van der Waals surface area (Å²) in [6, 6.07) is 0. The smallest absolute Gasteiger partial charge is 0.137 e. The molecule has 0 aromatic carbocycles. The van der Waals surface area contributed by atoms with Gasteiger partial charge < -0.3 is 4.90 Å². The van der Waals surface area contributed by atoms with Crippen LogP contribution >= 0.6 is 0 Å². The first kappa shape index (κ1) is 15.0. The zero-order chi connectivity index (χ0) is 14.0. The van der Waals surface area contributed by atoms with Gasteiger partial charge in [0.15, 0.2) is 0 Å². The fraction of sp³-hybridized carbons (Fsp3) is 0.941. The van der Waals surface area contributed by atoms with E-state index >= 15 is 0 Å². The van der Waals surface area contributed by atoms with Crippen molar-refractivity contribution in [2.75, 3.05) is 19.6 Å². The summed E-state index contributed by atoms with van der Waals surface area (Å²) in [5.74, 6) is 3.74. The molecule has 0 radical (unpaired) electrons. The van der Waals surface area contributed by atoms with Gasteiger partial charge >= 0.3 is 0 Å². The van der Waals surface area contributed by atoms with Gasteiger partial charge in [0.1, 0.15) is 5.78 Å². The van der Waals surface area contributed by atoms with E-state index in [-0.39, 0.29) is 0 Å². The van der Waals surface area contributed by atoms with Crippen LogP contribution in [0.2, 0.25) is 0 Å². The molecule has 2 heteroatoms. The second kappa shape index (κ2) is 6.39. The van der Waals surface area contributed by atoms with E-state index in [1.165, 1.54) is 32.4 Å². The Morgan fingerprint density at radius 3 is 2.37 bits per heavy atom.